The van der Waals surface area contributed by atoms with Crippen LogP contribution >= 0.6 is 0 Å². The van der Waals surface area contributed by atoms with Crippen molar-refractivity contribution in [2.24, 2.45) is 5.73 Å². The van der Waals surface area contributed by atoms with Crippen molar-refractivity contribution in [3.63, 3.8) is 0 Å². The molecule has 1 saturated heterocycles. The summed E-state index contributed by atoms with van der Waals surface area (Å²) in [7, 11) is 0. The third kappa shape index (κ3) is 5.04. The third-order valence-corrected chi connectivity index (χ3v) is 4.96. The number of carbonyl (C=O) groups excluding carboxylic acids is 1. The van der Waals surface area contributed by atoms with Gasteiger partial charge in [-0.2, -0.15) is 0 Å². The molecule has 144 valence electrons. The van der Waals surface area contributed by atoms with E-state index in [9.17, 15) is 13.6 Å². The average Bonchev–Trinajstić information content (AvgIpc) is 3.03. The van der Waals surface area contributed by atoms with Crippen LogP contribution in [0.2, 0.25) is 0 Å². The number of para-hydroxylation sites is 1. The van der Waals surface area contributed by atoms with Crippen LogP contribution in [0.4, 0.5) is 14.5 Å². The molecule has 2 atom stereocenters. The molecule has 3 N–H and O–H groups in total. The van der Waals surface area contributed by atoms with Crippen molar-refractivity contribution in [1.29, 1.82) is 0 Å². The Kier molecular flexibility index (Phi) is 6.40. The number of carbonyl (C=O) groups is 1. The van der Waals surface area contributed by atoms with Crippen LogP contribution in [0.5, 0.6) is 0 Å². The summed E-state index contributed by atoms with van der Waals surface area (Å²) in [6, 6.07) is 12.9. The minimum Gasteiger partial charge on any atom is -0.381 e. The van der Waals surface area contributed by atoms with Gasteiger partial charge in [0.15, 0.2) is 0 Å². The Morgan fingerprint density at radius 1 is 1.11 bits per heavy atom. The summed E-state index contributed by atoms with van der Waals surface area (Å²) in [5.41, 5.74) is 7.09. The Hall–Kier alpha value is -2.47. The second-order valence-electron chi connectivity index (χ2n) is 7.00. The molecule has 27 heavy (non-hydrogen) atoms. The highest BCUT2D eigenvalue weighted by molar-refractivity contribution is 5.77. The number of hydrogen-bond acceptors (Lipinski definition) is 3. The SMILES string of the molecule is N[C@H]1C[C@@H](CNc2ccccc2F)N(C(=O)CCCc2ccccc2F)C1. The molecule has 1 aliphatic heterocycles. The quantitative estimate of drug-likeness (QED) is 0.783. The number of likely N-dealkylation sites (tertiary alicyclic amines) is 1. The van der Waals surface area contributed by atoms with Gasteiger partial charge in [-0.1, -0.05) is 30.3 Å². The summed E-state index contributed by atoms with van der Waals surface area (Å²) in [4.78, 5) is 14.4. The molecular weight excluding hydrogens is 348 g/mol. The van der Waals surface area contributed by atoms with Gasteiger partial charge in [-0.15, -0.1) is 0 Å². The number of nitrogens with one attached hydrogen (secondary N) is 1. The molecule has 1 fully saturated rings. The van der Waals surface area contributed by atoms with E-state index in [1.54, 1.807) is 41.3 Å². The Morgan fingerprint density at radius 3 is 2.56 bits per heavy atom. The Labute approximate surface area is 158 Å². The van der Waals surface area contributed by atoms with Gasteiger partial charge < -0.3 is 16.0 Å². The summed E-state index contributed by atoms with van der Waals surface area (Å²) >= 11 is 0. The zero-order valence-corrected chi connectivity index (χ0v) is 15.2. The van der Waals surface area contributed by atoms with E-state index in [4.69, 9.17) is 5.73 Å². The second-order valence-corrected chi connectivity index (χ2v) is 7.00. The molecule has 0 aliphatic carbocycles. The lowest BCUT2D eigenvalue weighted by Gasteiger charge is -2.25. The molecule has 0 aromatic heterocycles. The zero-order valence-electron chi connectivity index (χ0n) is 15.2. The van der Waals surface area contributed by atoms with E-state index in [1.165, 1.54) is 12.1 Å². The Morgan fingerprint density at radius 2 is 1.81 bits per heavy atom. The van der Waals surface area contributed by atoms with E-state index in [1.807, 2.05) is 0 Å². The van der Waals surface area contributed by atoms with Crippen LogP contribution in [0.1, 0.15) is 24.8 Å². The zero-order chi connectivity index (χ0) is 19.2. The molecule has 4 nitrogen and oxygen atoms in total. The van der Waals surface area contributed by atoms with Gasteiger partial charge in [-0.3, -0.25) is 4.79 Å². The standard InChI is InChI=1S/C21H25F2N3O/c22-18-8-2-1-6-15(18)7-5-11-21(27)26-14-16(24)12-17(26)13-25-20-10-4-3-9-19(20)23/h1-4,6,8-10,16-17,25H,5,7,11-14,24H2/t16-,17-/m0/s1. The summed E-state index contributed by atoms with van der Waals surface area (Å²) in [5.74, 6) is -0.540. The van der Waals surface area contributed by atoms with Gasteiger partial charge in [-0.25, -0.2) is 8.78 Å². The first-order chi connectivity index (χ1) is 13.0. The largest absolute Gasteiger partial charge is 0.381 e. The highest BCUT2D eigenvalue weighted by Gasteiger charge is 2.32. The molecule has 1 aliphatic rings. The van der Waals surface area contributed by atoms with Crippen molar-refractivity contribution in [2.45, 2.75) is 37.8 Å². The fourth-order valence-electron chi connectivity index (χ4n) is 3.56. The van der Waals surface area contributed by atoms with Crippen LogP contribution in [0.15, 0.2) is 48.5 Å². The number of amides is 1. The smallest absolute Gasteiger partial charge is 0.222 e. The molecule has 0 unspecified atom stereocenters. The molecule has 0 saturated carbocycles. The van der Waals surface area contributed by atoms with E-state index in [0.717, 1.165) is 0 Å². The minimum absolute atomic E-state index is 0.0135. The number of hydrogen-bond donors (Lipinski definition) is 2. The van der Waals surface area contributed by atoms with Gasteiger partial charge in [0.05, 0.1) is 11.7 Å². The fourth-order valence-corrected chi connectivity index (χ4v) is 3.56. The van der Waals surface area contributed by atoms with Gasteiger partial charge in [0, 0.05) is 25.6 Å². The number of rotatable bonds is 7. The topological polar surface area (TPSA) is 58.4 Å². The van der Waals surface area contributed by atoms with E-state index in [0.29, 0.717) is 50.0 Å². The minimum atomic E-state index is -0.317. The number of benzene rings is 2. The summed E-state index contributed by atoms with van der Waals surface area (Å²) in [6.45, 7) is 0.954. The van der Waals surface area contributed by atoms with E-state index >= 15 is 0 Å². The Bertz CT molecular complexity index is 784. The van der Waals surface area contributed by atoms with Gasteiger partial charge in [-0.05, 0) is 43.0 Å². The molecule has 1 amide bonds. The van der Waals surface area contributed by atoms with Crippen molar-refractivity contribution in [3.8, 4) is 0 Å². The number of anilines is 1. The number of aryl methyl sites for hydroxylation is 1. The first-order valence-corrected chi connectivity index (χ1v) is 9.31. The Balaban J connectivity index is 1.52. The van der Waals surface area contributed by atoms with Crippen LogP contribution in [-0.4, -0.2) is 36.0 Å². The molecule has 6 heteroatoms. The maximum Gasteiger partial charge on any atom is 0.222 e. The van der Waals surface area contributed by atoms with Crippen molar-refractivity contribution < 1.29 is 13.6 Å². The number of nitrogens with two attached hydrogens (primary N) is 1. The van der Waals surface area contributed by atoms with Crippen LogP contribution in [-0.2, 0) is 11.2 Å². The predicted molar refractivity (Wildman–Crippen MR) is 102 cm³/mol. The molecule has 1 heterocycles. The monoisotopic (exact) mass is 373 g/mol. The second kappa shape index (κ2) is 8.95. The molecule has 3 rings (SSSR count). The van der Waals surface area contributed by atoms with Crippen molar-refractivity contribution >= 4 is 11.6 Å². The first kappa shape index (κ1) is 19.3. The molecule has 0 bridgehead atoms. The maximum absolute atomic E-state index is 13.8. The average molecular weight is 373 g/mol. The molecular formula is C21H25F2N3O. The highest BCUT2D eigenvalue weighted by atomic mass is 19.1. The number of halogens is 2. The highest BCUT2D eigenvalue weighted by Crippen LogP contribution is 2.21. The van der Waals surface area contributed by atoms with Gasteiger partial charge >= 0.3 is 0 Å². The molecule has 2 aromatic carbocycles. The summed E-state index contributed by atoms with van der Waals surface area (Å²) in [5, 5.41) is 3.08. The molecule has 0 radical (unpaired) electrons. The third-order valence-electron chi connectivity index (χ3n) is 4.96. The molecule has 2 aromatic rings. The van der Waals surface area contributed by atoms with Gasteiger partial charge in [0.2, 0.25) is 5.91 Å². The van der Waals surface area contributed by atoms with Gasteiger partial charge in [0.1, 0.15) is 11.6 Å². The summed E-state index contributed by atoms with van der Waals surface area (Å²) < 4.78 is 27.4. The van der Waals surface area contributed by atoms with E-state index < -0.39 is 0 Å². The number of nitrogens with zero attached hydrogens (tertiary/aromatic N) is 1. The van der Waals surface area contributed by atoms with Crippen LogP contribution in [0.3, 0.4) is 0 Å². The fraction of sp³-hybridized carbons (Fsp3) is 0.381. The summed E-state index contributed by atoms with van der Waals surface area (Å²) in [6.07, 6.45) is 2.13. The predicted octanol–water partition coefficient (Wildman–Crippen LogP) is 3.33. The maximum atomic E-state index is 13.8. The van der Waals surface area contributed by atoms with Crippen molar-refractivity contribution in [1.82, 2.24) is 4.90 Å². The lowest BCUT2D eigenvalue weighted by Crippen LogP contribution is -2.40. The molecule has 0 spiro atoms. The van der Waals surface area contributed by atoms with Crippen molar-refractivity contribution in [2.75, 3.05) is 18.4 Å². The van der Waals surface area contributed by atoms with Crippen molar-refractivity contribution in [3.05, 3.63) is 65.7 Å². The van der Waals surface area contributed by atoms with E-state index in [2.05, 4.69) is 5.32 Å². The van der Waals surface area contributed by atoms with Gasteiger partial charge in [0.25, 0.3) is 0 Å². The first-order valence-electron chi connectivity index (χ1n) is 9.31. The lowest BCUT2D eigenvalue weighted by atomic mass is 10.1. The lowest BCUT2D eigenvalue weighted by molar-refractivity contribution is -0.131. The van der Waals surface area contributed by atoms with Crippen LogP contribution in [0.25, 0.3) is 0 Å². The van der Waals surface area contributed by atoms with E-state index in [-0.39, 0.29) is 29.6 Å². The van der Waals surface area contributed by atoms with Crippen LogP contribution < -0.4 is 11.1 Å². The van der Waals surface area contributed by atoms with Crippen LogP contribution in [0, 0.1) is 11.6 Å². The normalized spacial score (nSPS) is 19.3.